The second-order valence-corrected chi connectivity index (χ2v) is 10.4. The Morgan fingerprint density at radius 2 is 2.00 bits per heavy atom. The van der Waals surface area contributed by atoms with Crippen LogP contribution < -0.4 is 25.3 Å². The van der Waals surface area contributed by atoms with Crippen molar-refractivity contribution in [2.75, 3.05) is 57.1 Å². The number of likely N-dealkylation sites (tertiary alicyclic amines) is 1. The lowest BCUT2D eigenvalue weighted by molar-refractivity contribution is -0.0877. The molecule has 2 saturated heterocycles. The third-order valence-electron chi connectivity index (χ3n) is 7.34. The Labute approximate surface area is 219 Å². The Balaban J connectivity index is 1.18. The first kappa shape index (κ1) is 26.2. The molecule has 3 aliphatic rings. The van der Waals surface area contributed by atoms with E-state index in [-0.39, 0.29) is 30.9 Å². The van der Waals surface area contributed by atoms with Crippen LogP contribution in [0.1, 0.15) is 26.2 Å². The number of aromatic nitrogens is 4. The van der Waals surface area contributed by atoms with Gasteiger partial charge in [-0.1, -0.05) is 0 Å². The summed E-state index contributed by atoms with van der Waals surface area (Å²) in [7, 11) is 3.45. The van der Waals surface area contributed by atoms with Gasteiger partial charge in [-0.25, -0.2) is 28.5 Å². The SMILES string of the molecule is CCOc1cnc(NC(=O)N(C)C2CN(c3nccc(ONC4CC5(C4)CN(C)C5)n3)CCC2(F)F)cn1. The number of anilines is 2. The molecule has 206 valence electrons. The van der Waals surface area contributed by atoms with E-state index in [4.69, 9.17) is 9.57 Å². The van der Waals surface area contributed by atoms with Crippen LogP contribution in [0.4, 0.5) is 25.3 Å². The van der Waals surface area contributed by atoms with E-state index < -0.39 is 24.4 Å². The molecule has 2 aromatic rings. The highest BCUT2D eigenvalue weighted by atomic mass is 19.3. The fraction of sp³-hybridized carbons (Fsp3) is 0.625. The van der Waals surface area contributed by atoms with Crippen LogP contribution in [0, 0.1) is 5.41 Å². The molecule has 4 heterocycles. The first-order chi connectivity index (χ1) is 18.2. The van der Waals surface area contributed by atoms with Gasteiger partial charge in [0.2, 0.25) is 17.7 Å². The predicted octanol–water partition coefficient (Wildman–Crippen LogP) is 2.02. The topological polar surface area (TPSA) is 121 Å². The zero-order chi connectivity index (χ0) is 26.9. The molecular formula is C24H33F2N9O3. The van der Waals surface area contributed by atoms with Crippen LogP contribution in [0.2, 0.25) is 0 Å². The minimum Gasteiger partial charge on any atom is -0.477 e. The largest absolute Gasteiger partial charge is 0.477 e. The fourth-order valence-electron chi connectivity index (χ4n) is 5.53. The molecule has 2 N–H and O–H groups in total. The Bertz CT molecular complexity index is 1130. The Hall–Kier alpha value is -3.39. The van der Waals surface area contributed by atoms with Crippen molar-refractivity contribution in [3.05, 3.63) is 24.7 Å². The molecule has 2 aliphatic heterocycles. The van der Waals surface area contributed by atoms with Crippen LogP contribution in [-0.4, -0.2) is 101 Å². The molecule has 1 atom stereocenters. The smallest absolute Gasteiger partial charge is 0.323 e. The summed E-state index contributed by atoms with van der Waals surface area (Å²) in [5.41, 5.74) is 3.48. The van der Waals surface area contributed by atoms with Crippen LogP contribution in [0.3, 0.4) is 0 Å². The number of hydrogen-bond acceptors (Lipinski definition) is 10. The third-order valence-corrected chi connectivity index (χ3v) is 7.34. The second kappa shape index (κ2) is 10.4. The molecular weight excluding hydrogens is 500 g/mol. The third kappa shape index (κ3) is 5.55. The second-order valence-electron chi connectivity index (χ2n) is 10.4. The highest BCUT2D eigenvalue weighted by molar-refractivity contribution is 5.88. The van der Waals surface area contributed by atoms with Gasteiger partial charge in [0, 0.05) is 58.0 Å². The molecule has 1 spiro atoms. The zero-order valence-electron chi connectivity index (χ0n) is 21.7. The van der Waals surface area contributed by atoms with Crippen LogP contribution in [0.25, 0.3) is 0 Å². The number of nitrogens with zero attached hydrogens (tertiary/aromatic N) is 7. The Kier molecular flexibility index (Phi) is 7.18. The van der Waals surface area contributed by atoms with Crippen molar-refractivity contribution in [1.82, 2.24) is 35.2 Å². The molecule has 0 aromatic carbocycles. The summed E-state index contributed by atoms with van der Waals surface area (Å²) in [5, 5.41) is 2.51. The molecule has 3 fully saturated rings. The summed E-state index contributed by atoms with van der Waals surface area (Å²) in [6.07, 6.45) is 5.84. The van der Waals surface area contributed by atoms with Gasteiger partial charge in [-0.15, -0.1) is 0 Å². The van der Waals surface area contributed by atoms with Gasteiger partial charge in [-0.2, -0.15) is 10.5 Å². The summed E-state index contributed by atoms with van der Waals surface area (Å²) in [4.78, 5) is 40.1. The summed E-state index contributed by atoms with van der Waals surface area (Å²) in [5.74, 6) is -2.09. The van der Waals surface area contributed by atoms with Gasteiger partial charge in [-0.3, -0.25) is 5.32 Å². The number of urea groups is 1. The van der Waals surface area contributed by atoms with Gasteiger partial charge >= 0.3 is 6.03 Å². The van der Waals surface area contributed by atoms with E-state index in [1.165, 1.54) is 25.6 Å². The van der Waals surface area contributed by atoms with E-state index in [0.717, 1.165) is 30.8 Å². The number of amides is 2. The first-order valence-corrected chi connectivity index (χ1v) is 12.7. The number of piperidine rings is 1. The van der Waals surface area contributed by atoms with Crippen molar-refractivity contribution < 1.29 is 23.1 Å². The number of hydrogen-bond donors (Lipinski definition) is 2. The van der Waals surface area contributed by atoms with Gasteiger partial charge in [-0.05, 0) is 32.2 Å². The minimum atomic E-state index is -3.10. The van der Waals surface area contributed by atoms with E-state index in [1.807, 2.05) is 6.92 Å². The molecule has 1 saturated carbocycles. The number of hydroxylamine groups is 1. The van der Waals surface area contributed by atoms with Gasteiger partial charge in [0.05, 0.1) is 19.0 Å². The highest BCUT2D eigenvalue weighted by Gasteiger charge is 2.51. The molecule has 1 unspecified atom stereocenters. The van der Waals surface area contributed by atoms with Crippen molar-refractivity contribution in [2.45, 2.75) is 44.2 Å². The average molecular weight is 534 g/mol. The van der Waals surface area contributed by atoms with Gasteiger partial charge in [0.15, 0.2) is 5.82 Å². The quantitative estimate of drug-likeness (QED) is 0.488. The molecule has 5 rings (SSSR count). The van der Waals surface area contributed by atoms with Gasteiger partial charge in [0.1, 0.15) is 6.04 Å². The van der Waals surface area contributed by atoms with E-state index >= 15 is 0 Å². The van der Waals surface area contributed by atoms with Crippen molar-refractivity contribution in [3.63, 3.8) is 0 Å². The van der Waals surface area contributed by atoms with Crippen molar-refractivity contribution in [1.29, 1.82) is 0 Å². The minimum absolute atomic E-state index is 0.0405. The summed E-state index contributed by atoms with van der Waals surface area (Å²) >= 11 is 0. The molecule has 38 heavy (non-hydrogen) atoms. The van der Waals surface area contributed by atoms with Crippen LogP contribution in [-0.2, 0) is 0 Å². The van der Waals surface area contributed by atoms with Crippen LogP contribution in [0.15, 0.2) is 24.7 Å². The zero-order valence-corrected chi connectivity index (χ0v) is 21.7. The van der Waals surface area contributed by atoms with Crippen molar-refractivity contribution in [3.8, 4) is 11.8 Å². The molecule has 14 heteroatoms. The molecule has 2 aromatic heterocycles. The van der Waals surface area contributed by atoms with E-state index in [1.54, 1.807) is 11.0 Å². The number of alkyl halides is 2. The number of carbonyl (C=O) groups is 1. The molecule has 0 bridgehead atoms. The van der Waals surface area contributed by atoms with Crippen molar-refractivity contribution >= 4 is 17.8 Å². The number of likely N-dealkylation sites (N-methyl/N-ethyl adjacent to an activating group) is 1. The maximum atomic E-state index is 14.9. The number of halogens is 2. The normalized spacial score (nSPS) is 22.3. The lowest BCUT2D eigenvalue weighted by Gasteiger charge is -2.58. The average Bonchev–Trinajstić information content (AvgIpc) is 2.85. The van der Waals surface area contributed by atoms with Gasteiger partial charge < -0.3 is 24.3 Å². The Morgan fingerprint density at radius 1 is 1.21 bits per heavy atom. The van der Waals surface area contributed by atoms with Crippen molar-refractivity contribution in [2.24, 2.45) is 5.41 Å². The lowest BCUT2D eigenvalue weighted by Crippen LogP contribution is -2.65. The van der Waals surface area contributed by atoms with E-state index in [0.29, 0.717) is 23.8 Å². The molecule has 0 radical (unpaired) electrons. The maximum absolute atomic E-state index is 14.9. The number of ether oxygens (including phenoxy) is 1. The predicted molar refractivity (Wildman–Crippen MR) is 134 cm³/mol. The molecule has 1 aliphatic carbocycles. The first-order valence-electron chi connectivity index (χ1n) is 12.7. The monoisotopic (exact) mass is 533 g/mol. The maximum Gasteiger partial charge on any atom is 0.323 e. The molecule has 12 nitrogen and oxygen atoms in total. The van der Waals surface area contributed by atoms with E-state index in [9.17, 15) is 13.6 Å². The fourth-order valence-corrected chi connectivity index (χ4v) is 5.53. The standard InChI is InChI=1S/C24H33F2N9O3/c1-4-37-20-12-28-18(11-29-20)30-22(36)34(3)17-13-35(8-6-24(17,25)26)21-27-7-5-19(31-21)38-32-16-9-23(10-16)14-33(2)15-23/h5,7,11-12,16-17,32H,4,6,8-10,13-15H2,1-3H3,(H,28,30,36). The highest BCUT2D eigenvalue weighted by Crippen LogP contribution is 2.47. The lowest BCUT2D eigenvalue weighted by atomic mass is 9.61. The summed E-state index contributed by atoms with van der Waals surface area (Å²) < 4.78 is 35.1. The van der Waals surface area contributed by atoms with E-state index in [2.05, 4.69) is 42.7 Å². The number of carbonyl (C=O) groups excluding carboxylic acids is 1. The van der Waals surface area contributed by atoms with Crippen LogP contribution in [0.5, 0.6) is 11.8 Å². The molecule has 2 amide bonds. The van der Waals surface area contributed by atoms with Gasteiger partial charge in [0.25, 0.3) is 5.92 Å². The summed E-state index contributed by atoms with van der Waals surface area (Å²) in [6.45, 7) is 4.35. The van der Waals surface area contributed by atoms with Crippen LogP contribution >= 0.6 is 0 Å². The number of rotatable bonds is 8. The summed E-state index contributed by atoms with van der Waals surface area (Å²) in [6, 6.07) is -0.263. The number of nitrogens with one attached hydrogen (secondary N) is 2. The Morgan fingerprint density at radius 3 is 2.68 bits per heavy atom.